The minimum atomic E-state index is 0.0176. The highest BCUT2D eigenvalue weighted by Gasteiger charge is 2.15. The van der Waals surface area contributed by atoms with E-state index >= 15 is 0 Å². The van der Waals surface area contributed by atoms with Crippen LogP contribution in [0.15, 0.2) is 36.4 Å². The van der Waals surface area contributed by atoms with E-state index in [0.717, 1.165) is 36.4 Å². The van der Waals surface area contributed by atoms with Crippen LogP contribution in [0, 0.1) is 0 Å². The third-order valence-electron chi connectivity index (χ3n) is 5.89. The molecule has 0 aromatic heterocycles. The number of carbonyl (C=O) groups is 1. The van der Waals surface area contributed by atoms with Gasteiger partial charge in [-0.3, -0.25) is 9.69 Å². The number of benzene rings is 2. The fraction of sp³-hybridized carbons (Fsp3) is 0.480. The first-order chi connectivity index (χ1) is 14.5. The van der Waals surface area contributed by atoms with Gasteiger partial charge >= 0.3 is 0 Å². The summed E-state index contributed by atoms with van der Waals surface area (Å²) in [6.07, 6.45) is 5.73. The van der Waals surface area contributed by atoms with E-state index < -0.39 is 0 Å². The molecule has 1 aliphatic rings. The van der Waals surface area contributed by atoms with Crippen LogP contribution in [-0.2, 0) is 24.1 Å². The number of nitrogens with one attached hydrogen (secondary N) is 1. The maximum atomic E-state index is 12.5. The lowest BCUT2D eigenvalue weighted by Crippen LogP contribution is -2.37. The number of carbonyl (C=O) groups excluding carboxylic acids is 1. The van der Waals surface area contributed by atoms with E-state index in [1.54, 1.807) is 14.2 Å². The van der Waals surface area contributed by atoms with Crippen LogP contribution in [0.2, 0.25) is 0 Å². The highest BCUT2D eigenvalue weighted by Crippen LogP contribution is 2.28. The second-order valence-electron chi connectivity index (χ2n) is 8.20. The number of aryl methyl sites for hydroxylation is 2. The van der Waals surface area contributed by atoms with Crippen molar-refractivity contribution in [3.8, 4) is 11.5 Å². The van der Waals surface area contributed by atoms with Gasteiger partial charge in [0.05, 0.1) is 26.8 Å². The van der Waals surface area contributed by atoms with Gasteiger partial charge in [0.1, 0.15) is 0 Å². The minimum absolute atomic E-state index is 0.0176. The van der Waals surface area contributed by atoms with Gasteiger partial charge in [0, 0.05) is 6.54 Å². The number of hydrogen-bond acceptors (Lipinski definition) is 4. The lowest BCUT2D eigenvalue weighted by molar-refractivity contribution is -0.122. The largest absolute Gasteiger partial charge is 0.493 e. The summed E-state index contributed by atoms with van der Waals surface area (Å²) in [5.74, 6) is 1.51. The zero-order valence-electron chi connectivity index (χ0n) is 18.7. The predicted octanol–water partition coefficient (Wildman–Crippen LogP) is 3.93. The van der Waals surface area contributed by atoms with Crippen LogP contribution in [0.25, 0.3) is 0 Å². The highest BCUT2D eigenvalue weighted by atomic mass is 16.5. The molecule has 5 nitrogen and oxygen atoms in total. The molecule has 0 radical (unpaired) electrons. The number of amides is 1. The van der Waals surface area contributed by atoms with Gasteiger partial charge in [0.25, 0.3) is 0 Å². The molecule has 30 heavy (non-hydrogen) atoms. The SMILES string of the molecule is COc1ccc(CCN(C)CC(=O)N[C@H](C)c2ccc3c(c2)CCCC3)cc1OC. The van der Waals surface area contributed by atoms with Crippen LogP contribution < -0.4 is 14.8 Å². The summed E-state index contributed by atoms with van der Waals surface area (Å²) in [6, 6.07) is 12.6. The second kappa shape index (κ2) is 10.5. The summed E-state index contributed by atoms with van der Waals surface area (Å²) >= 11 is 0. The van der Waals surface area contributed by atoms with Crippen molar-refractivity contribution in [1.82, 2.24) is 10.2 Å². The van der Waals surface area contributed by atoms with Crippen LogP contribution >= 0.6 is 0 Å². The van der Waals surface area contributed by atoms with Crippen LogP contribution in [0.1, 0.15) is 48.1 Å². The van der Waals surface area contributed by atoms with Crippen molar-refractivity contribution in [1.29, 1.82) is 0 Å². The van der Waals surface area contributed by atoms with E-state index in [0.29, 0.717) is 6.54 Å². The topological polar surface area (TPSA) is 50.8 Å². The lowest BCUT2D eigenvalue weighted by atomic mass is 9.89. The maximum absolute atomic E-state index is 12.5. The number of rotatable bonds is 9. The van der Waals surface area contributed by atoms with Gasteiger partial charge in [-0.2, -0.15) is 0 Å². The molecular formula is C25H34N2O3. The fourth-order valence-corrected chi connectivity index (χ4v) is 4.07. The molecule has 5 heteroatoms. The van der Waals surface area contributed by atoms with Crippen molar-refractivity contribution in [2.45, 2.75) is 45.1 Å². The fourth-order valence-electron chi connectivity index (χ4n) is 4.07. The predicted molar refractivity (Wildman–Crippen MR) is 120 cm³/mol. The first-order valence-corrected chi connectivity index (χ1v) is 10.8. The van der Waals surface area contributed by atoms with E-state index in [2.05, 4.69) is 30.4 Å². The minimum Gasteiger partial charge on any atom is -0.493 e. The number of ether oxygens (including phenoxy) is 2. The Morgan fingerprint density at radius 2 is 1.77 bits per heavy atom. The van der Waals surface area contributed by atoms with Crippen molar-refractivity contribution in [3.63, 3.8) is 0 Å². The average molecular weight is 411 g/mol. The Morgan fingerprint density at radius 1 is 1.03 bits per heavy atom. The molecule has 0 aliphatic heterocycles. The van der Waals surface area contributed by atoms with Gasteiger partial charge in [-0.1, -0.05) is 24.3 Å². The number of nitrogens with zero attached hydrogens (tertiary/aromatic N) is 1. The first-order valence-electron chi connectivity index (χ1n) is 10.8. The van der Waals surface area contributed by atoms with E-state index in [1.807, 2.05) is 30.1 Å². The molecule has 1 amide bonds. The Kier molecular flexibility index (Phi) is 7.75. The third-order valence-corrected chi connectivity index (χ3v) is 5.89. The molecule has 0 spiro atoms. The summed E-state index contributed by atoms with van der Waals surface area (Å²) < 4.78 is 10.7. The summed E-state index contributed by atoms with van der Waals surface area (Å²) in [7, 11) is 5.25. The molecule has 1 aliphatic carbocycles. The molecule has 0 bridgehead atoms. The monoisotopic (exact) mass is 410 g/mol. The van der Waals surface area contributed by atoms with E-state index in [4.69, 9.17) is 9.47 Å². The molecule has 162 valence electrons. The standard InChI is InChI=1S/C25H34N2O3/c1-18(21-11-10-20-7-5-6-8-22(20)16-21)26-25(28)17-27(2)14-13-19-9-12-23(29-3)24(15-19)30-4/h9-12,15-16,18H,5-8,13-14,17H2,1-4H3,(H,26,28)/t18-/m1/s1. The zero-order chi connectivity index (χ0) is 21.5. The normalized spacial score (nSPS) is 14.2. The van der Waals surface area contributed by atoms with E-state index in [1.165, 1.54) is 36.0 Å². The number of hydrogen-bond donors (Lipinski definition) is 1. The van der Waals surface area contributed by atoms with Gasteiger partial charge in [-0.15, -0.1) is 0 Å². The summed E-state index contributed by atoms with van der Waals surface area (Å²) in [5.41, 5.74) is 5.27. The van der Waals surface area contributed by atoms with Gasteiger partial charge in [-0.25, -0.2) is 0 Å². The molecule has 0 fully saturated rings. The van der Waals surface area contributed by atoms with Gasteiger partial charge in [0.2, 0.25) is 5.91 Å². The zero-order valence-corrected chi connectivity index (χ0v) is 18.7. The van der Waals surface area contributed by atoms with Crippen molar-refractivity contribution in [3.05, 3.63) is 58.7 Å². The Morgan fingerprint density at radius 3 is 2.50 bits per heavy atom. The van der Waals surface area contributed by atoms with Crippen molar-refractivity contribution in [2.75, 3.05) is 34.4 Å². The molecular weight excluding hydrogens is 376 g/mol. The number of fused-ring (bicyclic) bond motifs is 1. The molecule has 0 saturated heterocycles. The van der Waals surface area contributed by atoms with Crippen LogP contribution in [0.4, 0.5) is 0 Å². The Bertz CT molecular complexity index is 865. The molecule has 3 rings (SSSR count). The van der Waals surface area contributed by atoms with Crippen molar-refractivity contribution >= 4 is 5.91 Å². The Hall–Kier alpha value is -2.53. The molecule has 1 N–H and O–H groups in total. The van der Waals surface area contributed by atoms with Crippen LogP contribution in [0.3, 0.4) is 0 Å². The molecule has 0 heterocycles. The van der Waals surface area contributed by atoms with Gasteiger partial charge in [-0.05, 0) is 80.5 Å². The second-order valence-corrected chi connectivity index (χ2v) is 8.20. The average Bonchev–Trinajstić information content (AvgIpc) is 2.76. The molecule has 2 aromatic rings. The molecule has 0 unspecified atom stereocenters. The van der Waals surface area contributed by atoms with Crippen molar-refractivity contribution < 1.29 is 14.3 Å². The number of likely N-dealkylation sites (N-methyl/N-ethyl adjacent to an activating group) is 1. The van der Waals surface area contributed by atoms with Crippen LogP contribution in [0.5, 0.6) is 11.5 Å². The third kappa shape index (κ3) is 5.76. The molecule has 1 atom stereocenters. The summed E-state index contributed by atoms with van der Waals surface area (Å²) in [4.78, 5) is 14.6. The quantitative estimate of drug-likeness (QED) is 0.680. The molecule has 2 aromatic carbocycles. The molecule has 0 saturated carbocycles. The van der Waals surface area contributed by atoms with E-state index in [-0.39, 0.29) is 11.9 Å². The smallest absolute Gasteiger partial charge is 0.234 e. The summed E-state index contributed by atoms with van der Waals surface area (Å²) in [6.45, 7) is 3.23. The Labute approximate surface area is 180 Å². The number of methoxy groups -OCH3 is 2. The Balaban J connectivity index is 1.48. The van der Waals surface area contributed by atoms with E-state index in [9.17, 15) is 4.79 Å². The maximum Gasteiger partial charge on any atom is 0.234 e. The van der Waals surface area contributed by atoms with Crippen LogP contribution in [-0.4, -0.2) is 45.2 Å². The van der Waals surface area contributed by atoms with Gasteiger partial charge in [0.15, 0.2) is 11.5 Å². The first kappa shape index (κ1) is 22.2. The lowest BCUT2D eigenvalue weighted by Gasteiger charge is -2.21. The summed E-state index contributed by atoms with van der Waals surface area (Å²) in [5, 5.41) is 3.15. The van der Waals surface area contributed by atoms with Gasteiger partial charge < -0.3 is 14.8 Å². The highest BCUT2D eigenvalue weighted by molar-refractivity contribution is 5.78. The van der Waals surface area contributed by atoms with Crippen molar-refractivity contribution in [2.24, 2.45) is 0 Å².